The Morgan fingerprint density at radius 1 is 1.53 bits per heavy atom. The van der Waals surface area contributed by atoms with Crippen LogP contribution < -0.4 is 10.1 Å². The molecule has 4 nitrogen and oxygen atoms in total. The number of nitrogens with one attached hydrogen (secondary N) is 1. The second kappa shape index (κ2) is 6.22. The third-order valence-electron chi connectivity index (χ3n) is 3.61. The fourth-order valence-electron chi connectivity index (χ4n) is 2.11. The quantitative estimate of drug-likeness (QED) is 0.839. The first-order valence-electron chi connectivity index (χ1n) is 6.36. The van der Waals surface area contributed by atoms with Gasteiger partial charge in [-0.2, -0.15) is 0 Å². The normalized spacial score (nSPS) is 18.7. The van der Waals surface area contributed by atoms with Crippen molar-refractivity contribution in [2.75, 3.05) is 33.5 Å². The van der Waals surface area contributed by atoms with Crippen LogP contribution in [0.15, 0.2) is 22.7 Å². The fraction of sp³-hybridized carbons (Fsp3) is 0.571. The highest BCUT2D eigenvalue weighted by Gasteiger charge is 2.38. The predicted octanol–water partition coefficient (Wildman–Crippen LogP) is 2.12. The number of hydrogen-bond acceptors (Lipinski definition) is 4. The van der Waals surface area contributed by atoms with Gasteiger partial charge in [0.05, 0.1) is 32.3 Å². The summed E-state index contributed by atoms with van der Waals surface area (Å²) in [7, 11) is 1.66. The van der Waals surface area contributed by atoms with E-state index in [1.807, 2.05) is 18.2 Å². The molecule has 5 heteroatoms. The Labute approximate surface area is 122 Å². The first-order valence-corrected chi connectivity index (χ1v) is 7.15. The number of rotatable bonds is 6. The van der Waals surface area contributed by atoms with E-state index in [1.165, 1.54) is 5.56 Å². The summed E-state index contributed by atoms with van der Waals surface area (Å²) in [6, 6.07) is 6.15. The number of methoxy groups -OCH3 is 1. The SMILES string of the molecule is COc1ccc(C(C)NCC2(CO)COC2)c(Br)c1. The molecule has 0 radical (unpaired) electrons. The number of aliphatic hydroxyl groups is 1. The van der Waals surface area contributed by atoms with Crippen LogP contribution in [0.4, 0.5) is 0 Å². The minimum atomic E-state index is -0.104. The van der Waals surface area contributed by atoms with Crippen LogP contribution in [0.5, 0.6) is 5.75 Å². The molecule has 1 aromatic carbocycles. The topological polar surface area (TPSA) is 50.7 Å². The number of hydrogen-bond donors (Lipinski definition) is 2. The molecule has 19 heavy (non-hydrogen) atoms. The van der Waals surface area contributed by atoms with Crippen LogP contribution in [-0.4, -0.2) is 38.6 Å². The Hall–Kier alpha value is -0.620. The summed E-state index contributed by atoms with van der Waals surface area (Å²) in [5.41, 5.74) is 1.07. The lowest BCUT2D eigenvalue weighted by atomic mass is 9.86. The van der Waals surface area contributed by atoms with E-state index >= 15 is 0 Å². The van der Waals surface area contributed by atoms with E-state index < -0.39 is 0 Å². The smallest absolute Gasteiger partial charge is 0.120 e. The Balaban J connectivity index is 1.97. The van der Waals surface area contributed by atoms with Crippen LogP contribution in [0.2, 0.25) is 0 Å². The van der Waals surface area contributed by atoms with Crippen LogP contribution in [-0.2, 0) is 4.74 Å². The molecular formula is C14H20BrNO3. The van der Waals surface area contributed by atoms with Crippen molar-refractivity contribution in [2.24, 2.45) is 5.41 Å². The van der Waals surface area contributed by atoms with E-state index in [2.05, 4.69) is 28.2 Å². The molecule has 1 fully saturated rings. The van der Waals surface area contributed by atoms with E-state index in [0.29, 0.717) is 13.2 Å². The summed E-state index contributed by atoms with van der Waals surface area (Å²) in [5, 5.41) is 12.9. The van der Waals surface area contributed by atoms with Gasteiger partial charge in [0.1, 0.15) is 5.75 Å². The third-order valence-corrected chi connectivity index (χ3v) is 4.30. The zero-order valence-corrected chi connectivity index (χ0v) is 12.9. The molecule has 0 saturated carbocycles. The number of halogens is 1. The summed E-state index contributed by atoms with van der Waals surface area (Å²) in [6.07, 6.45) is 0. The molecule has 0 aliphatic carbocycles. The molecule has 0 amide bonds. The lowest BCUT2D eigenvalue weighted by molar-refractivity contribution is -0.135. The van der Waals surface area contributed by atoms with Crippen molar-refractivity contribution in [3.63, 3.8) is 0 Å². The van der Waals surface area contributed by atoms with Gasteiger partial charge >= 0.3 is 0 Å². The monoisotopic (exact) mass is 329 g/mol. The number of aliphatic hydroxyl groups excluding tert-OH is 1. The van der Waals surface area contributed by atoms with Crippen LogP contribution in [0.3, 0.4) is 0 Å². The highest BCUT2D eigenvalue weighted by molar-refractivity contribution is 9.10. The Morgan fingerprint density at radius 3 is 2.74 bits per heavy atom. The molecule has 1 aliphatic rings. The maximum absolute atomic E-state index is 9.40. The summed E-state index contributed by atoms with van der Waals surface area (Å²) < 4.78 is 11.4. The van der Waals surface area contributed by atoms with Crippen molar-refractivity contribution in [3.05, 3.63) is 28.2 Å². The fourth-order valence-corrected chi connectivity index (χ4v) is 2.81. The molecule has 1 aromatic rings. The number of ether oxygens (including phenoxy) is 2. The largest absolute Gasteiger partial charge is 0.497 e. The van der Waals surface area contributed by atoms with E-state index in [1.54, 1.807) is 7.11 Å². The number of benzene rings is 1. The molecule has 1 atom stereocenters. The van der Waals surface area contributed by atoms with Gasteiger partial charge < -0.3 is 19.9 Å². The Morgan fingerprint density at radius 2 is 2.26 bits per heavy atom. The molecule has 106 valence electrons. The molecule has 0 spiro atoms. The average molecular weight is 330 g/mol. The van der Waals surface area contributed by atoms with Crippen LogP contribution in [0.1, 0.15) is 18.5 Å². The van der Waals surface area contributed by atoms with Crippen LogP contribution in [0, 0.1) is 5.41 Å². The predicted molar refractivity (Wildman–Crippen MR) is 77.4 cm³/mol. The van der Waals surface area contributed by atoms with Gasteiger partial charge in [-0.15, -0.1) is 0 Å². The molecule has 1 aliphatic heterocycles. The average Bonchev–Trinajstić information content (AvgIpc) is 2.37. The summed E-state index contributed by atoms with van der Waals surface area (Å²) >= 11 is 3.56. The summed E-state index contributed by atoms with van der Waals surface area (Å²) in [4.78, 5) is 0. The second-order valence-electron chi connectivity index (χ2n) is 5.14. The molecule has 0 bridgehead atoms. The van der Waals surface area contributed by atoms with Crippen LogP contribution >= 0.6 is 15.9 Å². The minimum absolute atomic E-state index is 0.104. The van der Waals surface area contributed by atoms with Crippen molar-refractivity contribution in [1.29, 1.82) is 0 Å². The third kappa shape index (κ3) is 3.28. The maximum atomic E-state index is 9.40. The van der Waals surface area contributed by atoms with Gasteiger partial charge in [0, 0.05) is 17.1 Å². The molecule has 2 N–H and O–H groups in total. The van der Waals surface area contributed by atoms with Gasteiger partial charge in [-0.3, -0.25) is 0 Å². The van der Waals surface area contributed by atoms with Crippen LogP contribution in [0.25, 0.3) is 0 Å². The minimum Gasteiger partial charge on any atom is -0.497 e. The zero-order chi connectivity index (χ0) is 13.9. The van der Waals surface area contributed by atoms with Crippen molar-refractivity contribution < 1.29 is 14.6 Å². The van der Waals surface area contributed by atoms with E-state index in [-0.39, 0.29) is 18.1 Å². The molecular weight excluding hydrogens is 310 g/mol. The molecule has 2 rings (SSSR count). The van der Waals surface area contributed by atoms with Crippen molar-refractivity contribution in [3.8, 4) is 5.75 Å². The van der Waals surface area contributed by atoms with Gasteiger partial charge in [0.15, 0.2) is 0 Å². The Bertz CT molecular complexity index is 429. The van der Waals surface area contributed by atoms with E-state index in [9.17, 15) is 5.11 Å². The first kappa shape index (κ1) is 14.8. The Kier molecular flexibility index (Phi) is 4.84. The van der Waals surface area contributed by atoms with Crippen molar-refractivity contribution in [2.45, 2.75) is 13.0 Å². The lowest BCUT2D eigenvalue weighted by Crippen LogP contribution is -2.52. The van der Waals surface area contributed by atoms with Crippen molar-refractivity contribution >= 4 is 15.9 Å². The maximum Gasteiger partial charge on any atom is 0.120 e. The second-order valence-corrected chi connectivity index (χ2v) is 6.00. The van der Waals surface area contributed by atoms with E-state index in [0.717, 1.165) is 16.8 Å². The van der Waals surface area contributed by atoms with Gasteiger partial charge in [-0.1, -0.05) is 22.0 Å². The van der Waals surface area contributed by atoms with Gasteiger partial charge in [-0.05, 0) is 24.6 Å². The highest BCUT2D eigenvalue weighted by Crippen LogP contribution is 2.30. The molecule has 1 unspecified atom stereocenters. The van der Waals surface area contributed by atoms with Crippen molar-refractivity contribution in [1.82, 2.24) is 5.32 Å². The van der Waals surface area contributed by atoms with Gasteiger partial charge in [-0.25, -0.2) is 0 Å². The molecule has 0 aromatic heterocycles. The first-order chi connectivity index (χ1) is 9.10. The molecule has 1 saturated heterocycles. The lowest BCUT2D eigenvalue weighted by Gasteiger charge is -2.40. The summed E-state index contributed by atoms with van der Waals surface area (Å²) in [5.74, 6) is 0.835. The highest BCUT2D eigenvalue weighted by atomic mass is 79.9. The van der Waals surface area contributed by atoms with Gasteiger partial charge in [0.2, 0.25) is 0 Å². The molecule has 1 heterocycles. The zero-order valence-electron chi connectivity index (χ0n) is 11.3. The summed E-state index contributed by atoms with van der Waals surface area (Å²) in [6.45, 7) is 4.29. The van der Waals surface area contributed by atoms with Gasteiger partial charge in [0.25, 0.3) is 0 Å². The van der Waals surface area contributed by atoms with E-state index in [4.69, 9.17) is 9.47 Å². The standard InChI is InChI=1S/C14H20BrNO3/c1-10(16-6-14(7-17)8-19-9-14)12-4-3-11(18-2)5-13(12)15/h3-5,10,16-17H,6-9H2,1-2H3.